The Morgan fingerprint density at radius 2 is 2.12 bits per heavy atom. The highest BCUT2D eigenvalue weighted by Gasteiger charge is 2.17. The van der Waals surface area contributed by atoms with Gasteiger partial charge in [0.2, 0.25) is 0 Å². The maximum absolute atomic E-state index is 11.5. The minimum Gasteiger partial charge on any atom is -0.476 e. The van der Waals surface area contributed by atoms with Gasteiger partial charge in [0.15, 0.2) is 5.69 Å². The van der Waals surface area contributed by atoms with E-state index in [-0.39, 0.29) is 17.4 Å². The first-order chi connectivity index (χ1) is 7.82. The van der Waals surface area contributed by atoms with E-state index in [2.05, 4.69) is 14.4 Å². The zero-order valence-electron chi connectivity index (χ0n) is 9.34. The van der Waals surface area contributed by atoms with Gasteiger partial charge in [-0.05, 0) is 26.0 Å². The lowest BCUT2D eigenvalue weighted by Gasteiger charge is -2.12. The molecule has 0 aromatic carbocycles. The smallest absolute Gasteiger partial charge is 0.356 e. The van der Waals surface area contributed by atoms with Crippen LogP contribution in [-0.2, 0) is 10.2 Å². The van der Waals surface area contributed by atoms with Crippen LogP contribution in [0.2, 0.25) is 0 Å². The van der Waals surface area contributed by atoms with Crippen LogP contribution in [0.3, 0.4) is 0 Å². The van der Waals surface area contributed by atoms with Gasteiger partial charge in [0.25, 0.3) is 10.2 Å². The molecule has 1 rings (SSSR count). The molecule has 1 aromatic rings. The fourth-order valence-corrected chi connectivity index (χ4v) is 2.28. The van der Waals surface area contributed by atoms with Crippen LogP contribution in [0.15, 0.2) is 18.3 Å². The van der Waals surface area contributed by atoms with E-state index in [1.165, 1.54) is 18.3 Å². The third kappa shape index (κ3) is 4.00. The number of carbonyl (C=O) groups is 1. The van der Waals surface area contributed by atoms with E-state index in [1.807, 2.05) is 0 Å². The molecule has 8 heteroatoms. The number of anilines is 1. The number of nitrogens with zero attached hydrogens (tertiary/aromatic N) is 1. The Morgan fingerprint density at radius 3 is 2.65 bits per heavy atom. The predicted octanol–water partition coefficient (Wildman–Crippen LogP) is 0.434. The summed E-state index contributed by atoms with van der Waals surface area (Å²) < 4.78 is 27.5. The number of nitrogens with one attached hydrogen (secondary N) is 2. The van der Waals surface area contributed by atoms with Crippen LogP contribution in [0.1, 0.15) is 24.3 Å². The second-order valence-electron chi connectivity index (χ2n) is 3.58. The van der Waals surface area contributed by atoms with E-state index in [0.717, 1.165) is 0 Å². The van der Waals surface area contributed by atoms with Crippen molar-refractivity contribution in [2.75, 3.05) is 4.72 Å². The van der Waals surface area contributed by atoms with Crippen LogP contribution in [0.5, 0.6) is 0 Å². The number of pyridine rings is 1. The molecule has 0 aliphatic heterocycles. The molecule has 1 aromatic heterocycles. The Bertz CT molecular complexity index is 513. The van der Waals surface area contributed by atoms with Crippen LogP contribution < -0.4 is 9.44 Å². The first-order valence-corrected chi connectivity index (χ1v) is 6.28. The average molecular weight is 259 g/mol. The van der Waals surface area contributed by atoms with E-state index in [9.17, 15) is 13.2 Å². The lowest BCUT2D eigenvalue weighted by atomic mass is 10.3. The number of hydrogen-bond donors (Lipinski definition) is 3. The van der Waals surface area contributed by atoms with Crippen LogP contribution in [-0.4, -0.2) is 30.5 Å². The molecule has 17 heavy (non-hydrogen) atoms. The van der Waals surface area contributed by atoms with Gasteiger partial charge >= 0.3 is 5.97 Å². The van der Waals surface area contributed by atoms with Crippen LogP contribution >= 0.6 is 0 Å². The van der Waals surface area contributed by atoms with Crippen molar-refractivity contribution in [3.8, 4) is 0 Å². The lowest BCUT2D eigenvalue weighted by Crippen LogP contribution is -2.35. The quantitative estimate of drug-likeness (QED) is 0.710. The van der Waals surface area contributed by atoms with Crippen molar-refractivity contribution in [2.24, 2.45) is 0 Å². The third-order valence-electron chi connectivity index (χ3n) is 1.65. The Balaban J connectivity index is 3.00. The van der Waals surface area contributed by atoms with E-state index < -0.39 is 16.2 Å². The Labute approximate surface area is 99.1 Å². The van der Waals surface area contributed by atoms with Gasteiger partial charge in [-0.1, -0.05) is 0 Å². The van der Waals surface area contributed by atoms with Crippen LogP contribution in [0, 0.1) is 0 Å². The number of carboxylic acids is 1. The number of rotatable bonds is 5. The normalized spacial score (nSPS) is 11.5. The molecule has 0 saturated carbocycles. The topological polar surface area (TPSA) is 108 Å². The van der Waals surface area contributed by atoms with Gasteiger partial charge in [-0.25, -0.2) is 9.78 Å². The number of hydrogen-bond acceptors (Lipinski definition) is 4. The zero-order valence-corrected chi connectivity index (χ0v) is 10.2. The lowest BCUT2D eigenvalue weighted by molar-refractivity contribution is 0.0692. The highest BCUT2D eigenvalue weighted by atomic mass is 32.2. The van der Waals surface area contributed by atoms with Crippen LogP contribution in [0.4, 0.5) is 5.69 Å². The van der Waals surface area contributed by atoms with Gasteiger partial charge in [-0.15, -0.1) is 0 Å². The summed E-state index contributed by atoms with van der Waals surface area (Å²) in [6.07, 6.45) is 1.27. The maximum Gasteiger partial charge on any atom is 0.356 e. The van der Waals surface area contributed by atoms with E-state index in [1.54, 1.807) is 13.8 Å². The molecule has 0 fully saturated rings. The average Bonchev–Trinajstić information content (AvgIpc) is 2.14. The van der Waals surface area contributed by atoms with Crippen molar-refractivity contribution in [3.63, 3.8) is 0 Å². The fourth-order valence-electron chi connectivity index (χ4n) is 1.14. The molecule has 0 saturated heterocycles. The van der Waals surface area contributed by atoms with Gasteiger partial charge in [0, 0.05) is 12.2 Å². The van der Waals surface area contributed by atoms with Gasteiger partial charge in [-0.3, -0.25) is 4.72 Å². The molecular weight excluding hydrogens is 246 g/mol. The molecule has 0 aliphatic rings. The standard InChI is InChI=1S/C9H13N3O4S/c1-6(2)11-17(15,16)12-7-4-3-5-10-8(7)9(13)14/h3-6,11-12H,1-2H3,(H,13,14). The third-order valence-corrected chi connectivity index (χ3v) is 2.92. The summed E-state index contributed by atoms with van der Waals surface area (Å²) >= 11 is 0. The molecule has 0 unspecified atom stereocenters. The largest absolute Gasteiger partial charge is 0.476 e. The number of aromatic nitrogens is 1. The molecule has 0 aliphatic carbocycles. The molecule has 0 amide bonds. The van der Waals surface area contributed by atoms with Crippen molar-refractivity contribution in [1.82, 2.24) is 9.71 Å². The SMILES string of the molecule is CC(C)NS(=O)(=O)Nc1cccnc1C(=O)O. The molecule has 7 nitrogen and oxygen atoms in total. The summed E-state index contributed by atoms with van der Waals surface area (Å²) in [5, 5.41) is 8.83. The first kappa shape index (κ1) is 13.4. The maximum atomic E-state index is 11.5. The summed E-state index contributed by atoms with van der Waals surface area (Å²) in [5.41, 5.74) is -0.421. The second kappa shape index (κ2) is 5.11. The molecule has 3 N–H and O–H groups in total. The Hall–Kier alpha value is -1.67. The molecule has 1 heterocycles. The molecular formula is C9H13N3O4S. The minimum atomic E-state index is -3.79. The fraction of sp³-hybridized carbons (Fsp3) is 0.333. The zero-order chi connectivity index (χ0) is 13.1. The van der Waals surface area contributed by atoms with E-state index in [4.69, 9.17) is 5.11 Å². The van der Waals surface area contributed by atoms with Crippen molar-refractivity contribution in [2.45, 2.75) is 19.9 Å². The highest BCUT2D eigenvalue weighted by Crippen LogP contribution is 2.13. The van der Waals surface area contributed by atoms with Crippen molar-refractivity contribution < 1.29 is 18.3 Å². The van der Waals surface area contributed by atoms with E-state index in [0.29, 0.717) is 0 Å². The number of aromatic carboxylic acids is 1. The Kier molecular flexibility index (Phi) is 4.02. The molecule has 0 atom stereocenters. The summed E-state index contributed by atoms with van der Waals surface area (Å²) in [6, 6.07) is 2.48. The van der Waals surface area contributed by atoms with Gasteiger partial charge in [0.1, 0.15) is 0 Å². The Morgan fingerprint density at radius 1 is 1.47 bits per heavy atom. The number of carboxylic acid groups (broad SMARTS) is 1. The van der Waals surface area contributed by atoms with Crippen molar-refractivity contribution in [3.05, 3.63) is 24.0 Å². The van der Waals surface area contributed by atoms with Gasteiger partial charge in [-0.2, -0.15) is 13.1 Å². The second-order valence-corrected chi connectivity index (χ2v) is 5.03. The molecule has 0 radical (unpaired) electrons. The summed E-state index contributed by atoms with van der Waals surface area (Å²) in [7, 11) is -3.79. The monoisotopic (exact) mass is 259 g/mol. The van der Waals surface area contributed by atoms with Crippen molar-refractivity contribution in [1.29, 1.82) is 0 Å². The van der Waals surface area contributed by atoms with Crippen molar-refractivity contribution >= 4 is 21.9 Å². The summed E-state index contributed by atoms with van der Waals surface area (Å²) in [4.78, 5) is 14.4. The summed E-state index contributed by atoms with van der Waals surface area (Å²) in [6.45, 7) is 3.31. The van der Waals surface area contributed by atoms with E-state index >= 15 is 0 Å². The summed E-state index contributed by atoms with van der Waals surface area (Å²) in [5.74, 6) is -1.30. The van der Waals surface area contributed by atoms with Gasteiger partial charge in [0.05, 0.1) is 5.69 Å². The predicted molar refractivity (Wildman–Crippen MR) is 62.0 cm³/mol. The van der Waals surface area contributed by atoms with Gasteiger partial charge < -0.3 is 5.11 Å². The molecule has 0 spiro atoms. The highest BCUT2D eigenvalue weighted by molar-refractivity contribution is 7.90. The molecule has 0 bridgehead atoms. The molecule has 94 valence electrons. The van der Waals surface area contributed by atoms with Crippen LogP contribution in [0.25, 0.3) is 0 Å². The first-order valence-electron chi connectivity index (χ1n) is 4.80. The minimum absolute atomic E-state index is 0.0758.